The summed E-state index contributed by atoms with van der Waals surface area (Å²) in [7, 11) is -0.970. The third kappa shape index (κ3) is 6.69. The van der Waals surface area contributed by atoms with Gasteiger partial charge in [-0.25, -0.2) is 8.42 Å². The number of para-hydroxylation sites is 3. The summed E-state index contributed by atoms with van der Waals surface area (Å²) in [5.74, 6) is 1.28. The third-order valence-electron chi connectivity index (χ3n) is 5.95. The molecule has 0 saturated carbocycles. The predicted molar refractivity (Wildman–Crippen MR) is 150 cm³/mol. The van der Waals surface area contributed by atoms with Crippen molar-refractivity contribution in [3.05, 3.63) is 114 Å². The summed E-state index contributed by atoms with van der Waals surface area (Å²) in [6, 6.07) is 29.3. The van der Waals surface area contributed by atoms with Gasteiger partial charge in [0.15, 0.2) is 11.5 Å². The average Bonchev–Trinajstić information content (AvgIpc) is 2.98. The Balaban J connectivity index is 1.59. The van der Waals surface area contributed by atoms with Gasteiger partial charge in [0.2, 0.25) is 0 Å². The summed E-state index contributed by atoms with van der Waals surface area (Å²) >= 11 is 0. The third-order valence-corrected chi connectivity index (χ3v) is 7.72. The Labute approximate surface area is 228 Å². The summed E-state index contributed by atoms with van der Waals surface area (Å²) in [6.07, 6.45) is 0. The molecular formula is C30H30N2O6S. The fourth-order valence-electron chi connectivity index (χ4n) is 3.97. The molecule has 0 atom stereocenters. The molecule has 0 saturated heterocycles. The smallest absolute Gasteiger partial charge is 0.264 e. The van der Waals surface area contributed by atoms with Gasteiger partial charge in [0.05, 0.1) is 43.5 Å². The standard InChI is InChI=1S/C30H30N2O6S/c1-36-24-16-18-25(19-17-24)39(34,35)32(22-23-10-4-3-5-11-23)27-13-7-6-12-26(27)30(33)31-20-21-38-29-15-9-8-14-28(29)37-2/h3-19H,20-22H2,1-2H3,(H,31,33). The molecule has 0 unspecified atom stereocenters. The molecule has 0 aliphatic heterocycles. The van der Waals surface area contributed by atoms with E-state index in [9.17, 15) is 13.2 Å². The predicted octanol–water partition coefficient (Wildman–Crippen LogP) is 4.91. The lowest BCUT2D eigenvalue weighted by atomic mass is 10.1. The lowest BCUT2D eigenvalue weighted by Gasteiger charge is -2.26. The molecule has 1 amide bonds. The van der Waals surface area contributed by atoms with Gasteiger partial charge >= 0.3 is 0 Å². The molecule has 0 radical (unpaired) electrons. The van der Waals surface area contributed by atoms with Crippen LogP contribution in [0.1, 0.15) is 15.9 Å². The van der Waals surface area contributed by atoms with Crippen LogP contribution >= 0.6 is 0 Å². The Kier molecular flexibility index (Phi) is 9.06. The number of benzene rings is 4. The minimum atomic E-state index is -4.04. The number of nitrogens with zero attached hydrogens (tertiary/aromatic N) is 1. The van der Waals surface area contributed by atoms with Gasteiger partial charge in [0.1, 0.15) is 12.4 Å². The summed E-state index contributed by atoms with van der Waals surface area (Å²) in [4.78, 5) is 13.4. The Morgan fingerprint density at radius 3 is 2.10 bits per heavy atom. The molecule has 0 spiro atoms. The van der Waals surface area contributed by atoms with Gasteiger partial charge in [-0.2, -0.15) is 0 Å². The minimum Gasteiger partial charge on any atom is -0.497 e. The maximum absolute atomic E-state index is 13.9. The number of methoxy groups -OCH3 is 2. The summed E-state index contributed by atoms with van der Waals surface area (Å²) in [6.45, 7) is 0.442. The zero-order valence-electron chi connectivity index (χ0n) is 21.7. The number of carbonyl (C=O) groups excluding carboxylic acids is 1. The molecule has 1 N–H and O–H groups in total. The van der Waals surface area contributed by atoms with Crippen LogP contribution in [0.4, 0.5) is 5.69 Å². The molecule has 0 aromatic heterocycles. The number of carbonyl (C=O) groups is 1. The SMILES string of the molecule is COc1ccc(S(=O)(=O)N(Cc2ccccc2)c2ccccc2C(=O)NCCOc2ccccc2OC)cc1. The highest BCUT2D eigenvalue weighted by atomic mass is 32.2. The van der Waals surface area contributed by atoms with Gasteiger partial charge in [0.25, 0.3) is 15.9 Å². The molecule has 0 aliphatic carbocycles. The van der Waals surface area contributed by atoms with Crippen LogP contribution in [-0.4, -0.2) is 41.7 Å². The maximum Gasteiger partial charge on any atom is 0.264 e. The summed E-state index contributed by atoms with van der Waals surface area (Å²) < 4.78 is 45.3. The zero-order chi connectivity index (χ0) is 27.7. The molecule has 0 heterocycles. The van der Waals surface area contributed by atoms with Crippen molar-refractivity contribution < 1.29 is 27.4 Å². The number of amides is 1. The summed E-state index contributed by atoms with van der Waals surface area (Å²) in [5.41, 5.74) is 1.26. The average molecular weight is 547 g/mol. The second kappa shape index (κ2) is 12.8. The Morgan fingerprint density at radius 2 is 1.41 bits per heavy atom. The van der Waals surface area contributed by atoms with E-state index in [4.69, 9.17) is 14.2 Å². The van der Waals surface area contributed by atoms with Gasteiger partial charge < -0.3 is 19.5 Å². The number of anilines is 1. The molecule has 4 aromatic rings. The van der Waals surface area contributed by atoms with Crippen molar-refractivity contribution in [2.45, 2.75) is 11.4 Å². The Morgan fingerprint density at radius 1 is 0.769 bits per heavy atom. The Hall–Kier alpha value is -4.50. The fraction of sp³-hybridized carbons (Fsp3) is 0.167. The van der Waals surface area contributed by atoms with Crippen LogP contribution in [0.3, 0.4) is 0 Å². The zero-order valence-corrected chi connectivity index (χ0v) is 22.6. The van der Waals surface area contributed by atoms with Gasteiger partial charge in [-0.05, 0) is 54.1 Å². The van der Waals surface area contributed by atoms with Crippen molar-refractivity contribution in [1.29, 1.82) is 0 Å². The van der Waals surface area contributed by atoms with Crippen molar-refractivity contribution >= 4 is 21.6 Å². The second-order valence-electron chi connectivity index (χ2n) is 8.45. The molecule has 0 bridgehead atoms. The van der Waals surface area contributed by atoms with Gasteiger partial charge in [-0.15, -0.1) is 0 Å². The lowest BCUT2D eigenvalue weighted by molar-refractivity contribution is 0.0947. The van der Waals surface area contributed by atoms with E-state index in [-0.39, 0.29) is 35.8 Å². The highest BCUT2D eigenvalue weighted by Gasteiger charge is 2.28. The van der Waals surface area contributed by atoms with Gasteiger partial charge in [-0.1, -0.05) is 54.6 Å². The van der Waals surface area contributed by atoms with E-state index in [0.29, 0.717) is 17.2 Å². The van der Waals surface area contributed by atoms with Crippen molar-refractivity contribution in [1.82, 2.24) is 5.32 Å². The highest BCUT2D eigenvalue weighted by molar-refractivity contribution is 7.92. The molecule has 9 heteroatoms. The van der Waals surface area contributed by atoms with E-state index < -0.39 is 15.9 Å². The molecule has 0 aliphatic rings. The quantitative estimate of drug-likeness (QED) is 0.254. The minimum absolute atomic E-state index is 0.0381. The first-order valence-electron chi connectivity index (χ1n) is 12.3. The van der Waals surface area contributed by atoms with Crippen molar-refractivity contribution in [2.24, 2.45) is 0 Å². The van der Waals surface area contributed by atoms with E-state index >= 15 is 0 Å². The van der Waals surface area contributed by atoms with Crippen LogP contribution in [0.5, 0.6) is 17.2 Å². The van der Waals surface area contributed by atoms with E-state index in [1.54, 1.807) is 55.6 Å². The number of ether oxygens (including phenoxy) is 3. The monoisotopic (exact) mass is 546 g/mol. The normalized spacial score (nSPS) is 10.9. The van der Waals surface area contributed by atoms with Crippen LogP contribution in [0.15, 0.2) is 108 Å². The molecule has 8 nitrogen and oxygen atoms in total. The van der Waals surface area contributed by atoms with Crippen LogP contribution in [0.25, 0.3) is 0 Å². The van der Waals surface area contributed by atoms with Gasteiger partial charge in [-0.3, -0.25) is 9.10 Å². The van der Waals surface area contributed by atoms with Crippen LogP contribution in [0, 0.1) is 0 Å². The first-order valence-corrected chi connectivity index (χ1v) is 13.7. The highest BCUT2D eigenvalue weighted by Crippen LogP contribution is 2.30. The molecule has 202 valence electrons. The van der Waals surface area contributed by atoms with Gasteiger partial charge in [0, 0.05) is 0 Å². The molecule has 4 aromatic carbocycles. The van der Waals surface area contributed by atoms with E-state index in [1.165, 1.54) is 23.5 Å². The number of rotatable bonds is 12. The number of hydrogen-bond donors (Lipinski definition) is 1. The number of sulfonamides is 1. The molecule has 0 fully saturated rings. The number of nitrogens with one attached hydrogen (secondary N) is 1. The Bertz CT molecular complexity index is 1490. The fourth-order valence-corrected chi connectivity index (χ4v) is 5.44. The van der Waals surface area contributed by atoms with Crippen molar-refractivity contribution in [3.63, 3.8) is 0 Å². The largest absolute Gasteiger partial charge is 0.497 e. The maximum atomic E-state index is 13.9. The molecule has 39 heavy (non-hydrogen) atoms. The first kappa shape index (κ1) is 27.5. The molecule has 4 rings (SSSR count). The first-order chi connectivity index (χ1) is 18.9. The topological polar surface area (TPSA) is 94.2 Å². The van der Waals surface area contributed by atoms with Crippen LogP contribution in [-0.2, 0) is 16.6 Å². The van der Waals surface area contributed by atoms with Crippen molar-refractivity contribution in [3.8, 4) is 17.2 Å². The van der Waals surface area contributed by atoms with E-state index in [0.717, 1.165) is 5.56 Å². The molecular weight excluding hydrogens is 516 g/mol. The van der Waals surface area contributed by atoms with E-state index in [1.807, 2.05) is 42.5 Å². The lowest BCUT2D eigenvalue weighted by Crippen LogP contribution is -2.34. The summed E-state index contributed by atoms with van der Waals surface area (Å²) in [5, 5.41) is 2.83. The number of hydrogen-bond acceptors (Lipinski definition) is 6. The van der Waals surface area contributed by atoms with Crippen LogP contribution < -0.4 is 23.8 Å². The van der Waals surface area contributed by atoms with E-state index in [2.05, 4.69) is 5.32 Å². The van der Waals surface area contributed by atoms with Crippen LogP contribution in [0.2, 0.25) is 0 Å². The van der Waals surface area contributed by atoms with Crippen molar-refractivity contribution in [2.75, 3.05) is 31.7 Å². The second-order valence-corrected chi connectivity index (χ2v) is 10.3.